The third-order valence-corrected chi connectivity index (χ3v) is 4.84. The number of hydrogen-bond acceptors (Lipinski definition) is 4. The quantitative estimate of drug-likeness (QED) is 0.235. The van der Waals surface area contributed by atoms with Crippen molar-refractivity contribution >= 4 is 35.8 Å². The van der Waals surface area contributed by atoms with Gasteiger partial charge in [-0.3, -0.25) is 9.69 Å². The van der Waals surface area contributed by atoms with E-state index in [-0.39, 0.29) is 36.3 Å². The van der Waals surface area contributed by atoms with Crippen molar-refractivity contribution in [2.24, 2.45) is 4.99 Å². The van der Waals surface area contributed by atoms with Crippen molar-refractivity contribution in [1.82, 2.24) is 20.0 Å². The molecule has 0 aliphatic carbocycles. The predicted octanol–water partition coefficient (Wildman–Crippen LogP) is 2.56. The minimum Gasteiger partial charge on any atom is -0.494 e. The molecule has 1 amide bonds. The molecule has 2 rings (SSSR count). The monoisotopic (exact) mass is 575 g/mol. The van der Waals surface area contributed by atoms with Crippen LogP contribution in [-0.2, 0) is 11.3 Å². The van der Waals surface area contributed by atoms with Crippen LogP contribution in [-0.4, -0.2) is 92.7 Å². The van der Waals surface area contributed by atoms with Gasteiger partial charge in [0.1, 0.15) is 13.1 Å². The molecule has 1 N–H and O–H groups in total. The number of likely N-dealkylation sites (N-methyl/N-ethyl adjacent to an activating group) is 1. The van der Waals surface area contributed by atoms with Crippen molar-refractivity contribution in [2.75, 3.05) is 60.0 Å². The van der Waals surface area contributed by atoms with Crippen LogP contribution < -0.4 is 10.1 Å². The maximum atomic E-state index is 13.9. The first-order valence-corrected chi connectivity index (χ1v) is 10.0. The average Bonchev–Trinajstić information content (AvgIpc) is 2.70. The molecule has 1 aromatic rings. The fourth-order valence-corrected chi connectivity index (χ4v) is 3.23. The van der Waals surface area contributed by atoms with Gasteiger partial charge in [0.2, 0.25) is 5.91 Å². The summed E-state index contributed by atoms with van der Waals surface area (Å²) in [7, 11) is 2.53. The standard InChI is InChI=1S/C20H29F4N5O2.HI/c1-4-25-19(26-12-18(30)27(2)14-20(22,23)24)29-9-7-28(8-10-29)13-15-5-6-17(31-3)16(21)11-15;/h5-6,11H,4,7-10,12-14H2,1-3H3,(H,25,26);1H. The molecule has 182 valence electrons. The summed E-state index contributed by atoms with van der Waals surface area (Å²) >= 11 is 0. The van der Waals surface area contributed by atoms with Gasteiger partial charge in [0.15, 0.2) is 17.5 Å². The Labute approximate surface area is 202 Å². The Kier molecular flexibility index (Phi) is 11.5. The molecule has 7 nitrogen and oxygen atoms in total. The van der Waals surface area contributed by atoms with Crippen LogP contribution in [0.2, 0.25) is 0 Å². The number of nitrogens with zero attached hydrogens (tertiary/aromatic N) is 4. The first-order chi connectivity index (χ1) is 14.6. The van der Waals surface area contributed by atoms with Gasteiger partial charge in [-0.15, -0.1) is 24.0 Å². The molecule has 1 fully saturated rings. The summed E-state index contributed by atoms with van der Waals surface area (Å²) in [6, 6.07) is 4.88. The number of carbonyl (C=O) groups is 1. The summed E-state index contributed by atoms with van der Waals surface area (Å²) in [5.74, 6) is -0.407. The highest BCUT2D eigenvalue weighted by Gasteiger charge is 2.31. The second-order valence-electron chi connectivity index (χ2n) is 7.27. The van der Waals surface area contributed by atoms with Gasteiger partial charge in [0.25, 0.3) is 0 Å². The van der Waals surface area contributed by atoms with Gasteiger partial charge in [-0.1, -0.05) is 6.07 Å². The molecule has 1 heterocycles. The lowest BCUT2D eigenvalue weighted by molar-refractivity contribution is -0.157. The van der Waals surface area contributed by atoms with Crippen molar-refractivity contribution in [1.29, 1.82) is 0 Å². The molecular formula is C20H30F4IN5O2. The van der Waals surface area contributed by atoms with E-state index >= 15 is 0 Å². The number of hydrogen-bond donors (Lipinski definition) is 1. The molecule has 1 saturated heterocycles. The van der Waals surface area contributed by atoms with Crippen LogP contribution in [0.25, 0.3) is 0 Å². The Balaban J connectivity index is 0.00000512. The molecule has 32 heavy (non-hydrogen) atoms. The fraction of sp³-hybridized carbons (Fsp3) is 0.600. The number of alkyl halides is 3. The summed E-state index contributed by atoms with van der Waals surface area (Å²) in [5.41, 5.74) is 0.839. The normalized spacial score (nSPS) is 15.2. The van der Waals surface area contributed by atoms with Crippen LogP contribution in [0, 0.1) is 5.82 Å². The van der Waals surface area contributed by atoms with Gasteiger partial charge >= 0.3 is 6.18 Å². The molecule has 0 bridgehead atoms. The van der Waals surface area contributed by atoms with Crippen molar-refractivity contribution in [3.63, 3.8) is 0 Å². The number of amides is 1. The second kappa shape index (κ2) is 13.0. The van der Waals surface area contributed by atoms with E-state index in [2.05, 4.69) is 15.2 Å². The number of halogens is 5. The molecule has 1 aliphatic rings. The molecule has 0 atom stereocenters. The third kappa shape index (κ3) is 8.96. The molecule has 0 aromatic heterocycles. The number of ether oxygens (including phenoxy) is 1. The molecule has 0 radical (unpaired) electrons. The Morgan fingerprint density at radius 1 is 1.25 bits per heavy atom. The fourth-order valence-electron chi connectivity index (χ4n) is 3.23. The van der Waals surface area contributed by atoms with Crippen molar-refractivity contribution in [3.8, 4) is 5.75 Å². The van der Waals surface area contributed by atoms with Crippen molar-refractivity contribution in [2.45, 2.75) is 19.6 Å². The summed E-state index contributed by atoms with van der Waals surface area (Å²) in [6.07, 6.45) is -4.44. The summed E-state index contributed by atoms with van der Waals surface area (Å²) in [5, 5.41) is 3.08. The smallest absolute Gasteiger partial charge is 0.406 e. The zero-order valence-electron chi connectivity index (χ0n) is 18.4. The SMILES string of the molecule is CCNC(=NCC(=O)N(C)CC(F)(F)F)N1CCN(Cc2ccc(OC)c(F)c2)CC1.I. The number of nitrogens with one attached hydrogen (secondary N) is 1. The highest BCUT2D eigenvalue weighted by atomic mass is 127. The Morgan fingerprint density at radius 2 is 1.91 bits per heavy atom. The number of rotatable bonds is 7. The minimum absolute atomic E-state index is 0. The van der Waals surface area contributed by atoms with E-state index in [9.17, 15) is 22.4 Å². The first-order valence-electron chi connectivity index (χ1n) is 10.0. The maximum Gasteiger partial charge on any atom is 0.406 e. The van der Waals surface area contributed by atoms with Gasteiger partial charge in [-0.2, -0.15) is 13.2 Å². The summed E-state index contributed by atoms with van der Waals surface area (Å²) in [6.45, 7) is 4.00. The lowest BCUT2D eigenvalue weighted by Gasteiger charge is -2.36. The summed E-state index contributed by atoms with van der Waals surface area (Å²) in [4.78, 5) is 20.9. The highest BCUT2D eigenvalue weighted by Crippen LogP contribution is 2.19. The van der Waals surface area contributed by atoms with E-state index in [1.165, 1.54) is 13.2 Å². The molecule has 1 aromatic carbocycles. The van der Waals surface area contributed by atoms with Gasteiger partial charge in [0, 0.05) is 46.3 Å². The lowest BCUT2D eigenvalue weighted by Crippen LogP contribution is -2.52. The summed E-state index contributed by atoms with van der Waals surface area (Å²) < 4.78 is 56.2. The Morgan fingerprint density at radius 3 is 2.44 bits per heavy atom. The van der Waals surface area contributed by atoms with Crippen LogP contribution >= 0.6 is 24.0 Å². The molecule has 1 aliphatic heterocycles. The third-order valence-electron chi connectivity index (χ3n) is 4.84. The van der Waals surface area contributed by atoms with E-state index in [4.69, 9.17) is 4.74 Å². The van der Waals surface area contributed by atoms with Gasteiger partial charge in [0.05, 0.1) is 7.11 Å². The topological polar surface area (TPSA) is 60.4 Å². The van der Waals surface area contributed by atoms with E-state index in [1.807, 2.05) is 17.9 Å². The van der Waals surface area contributed by atoms with Crippen LogP contribution in [0.1, 0.15) is 12.5 Å². The molecule has 0 saturated carbocycles. The average molecular weight is 575 g/mol. The van der Waals surface area contributed by atoms with Crippen molar-refractivity contribution < 1.29 is 27.1 Å². The maximum absolute atomic E-state index is 13.9. The number of guanidine groups is 1. The van der Waals surface area contributed by atoms with Gasteiger partial charge in [-0.25, -0.2) is 9.38 Å². The van der Waals surface area contributed by atoms with Crippen LogP contribution in [0.5, 0.6) is 5.75 Å². The number of piperazine rings is 1. The molecule has 12 heteroatoms. The van der Waals surface area contributed by atoms with Crippen LogP contribution in [0.15, 0.2) is 23.2 Å². The van der Waals surface area contributed by atoms with E-state index in [0.29, 0.717) is 50.1 Å². The molecular weight excluding hydrogens is 545 g/mol. The van der Waals surface area contributed by atoms with Gasteiger partial charge in [-0.05, 0) is 24.6 Å². The molecule has 0 unspecified atom stereocenters. The number of carbonyl (C=O) groups excluding carboxylic acids is 1. The number of aliphatic imine (C=N–C) groups is 1. The number of benzene rings is 1. The number of methoxy groups -OCH3 is 1. The minimum atomic E-state index is -4.44. The lowest BCUT2D eigenvalue weighted by atomic mass is 10.2. The zero-order valence-corrected chi connectivity index (χ0v) is 20.7. The second-order valence-corrected chi connectivity index (χ2v) is 7.27. The first kappa shape index (κ1) is 28.2. The largest absolute Gasteiger partial charge is 0.494 e. The van der Waals surface area contributed by atoms with Crippen LogP contribution in [0.3, 0.4) is 0 Å². The van der Waals surface area contributed by atoms with E-state index < -0.39 is 24.4 Å². The zero-order chi connectivity index (χ0) is 23.0. The highest BCUT2D eigenvalue weighted by molar-refractivity contribution is 14.0. The van der Waals surface area contributed by atoms with Crippen LogP contribution in [0.4, 0.5) is 17.6 Å². The van der Waals surface area contributed by atoms with E-state index in [0.717, 1.165) is 12.6 Å². The van der Waals surface area contributed by atoms with Gasteiger partial charge < -0.3 is 19.9 Å². The predicted molar refractivity (Wildman–Crippen MR) is 125 cm³/mol. The molecule has 0 spiro atoms. The van der Waals surface area contributed by atoms with E-state index in [1.54, 1.807) is 6.07 Å². The van der Waals surface area contributed by atoms with Crippen molar-refractivity contribution in [3.05, 3.63) is 29.6 Å². The Hall–Kier alpha value is -1.83. The Bertz CT molecular complexity index is 771.